The molecule has 2 N–H and O–H groups in total. The molecule has 126 valence electrons. The minimum absolute atomic E-state index is 0.0735. The first kappa shape index (κ1) is 15.3. The summed E-state index contributed by atoms with van der Waals surface area (Å²) in [6, 6.07) is 4.36. The second-order valence-corrected chi connectivity index (χ2v) is 6.58. The highest BCUT2D eigenvalue weighted by atomic mass is 16.1. The molecular weight excluding hydrogens is 304 g/mol. The summed E-state index contributed by atoms with van der Waals surface area (Å²) in [5.41, 5.74) is 7.05. The molecule has 0 radical (unpaired) electrons. The van der Waals surface area contributed by atoms with E-state index >= 15 is 0 Å². The van der Waals surface area contributed by atoms with E-state index in [1.807, 2.05) is 12.1 Å². The number of nitrogens with two attached hydrogens (primary N) is 1. The molecule has 2 aromatic rings. The predicted molar refractivity (Wildman–Crippen MR) is 91.5 cm³/mol. The lowest BCUT2D eigenvalue weighted by molar-refractivity contribution is -0.123. The van der Waals surface area contributed by atoms with Gasteiger partial charge in [-0.25, -0.2) is 9.97 Å². The fraction of sp³-hybridized carbons (Fsp3) is 0.529. The molecule has 4 rings (SSSR count). The van der Waals surface area contributed by atoms with Gasteiger partial charge in [-0.3, -0.25) is 14.7 Å². The Morgan fingerprint density at radius 2 is 1.88 bits per heavy atom. The van der Waals surface area contributed by atoms with Crippen molar-refractivity contribution in [2.45, 2.75) is 37.8 Å². The number of primary amides is 1. The number of fused-ring (bicyclic) bond motifs is 1. The van der Waals surface area contributed by atoms with E-state index in [0.717, 1.165) is 56.7 Å². The highest BCUT2D eigenvalue weighted by Gasteiger charge is 2.35. The van der Waals surface area contributed by atoms with E-state index in [2.05, 4.69) is 24.8 Å². The van der Waals surface area contributed by atoms with E-state index < -0.39 is 0 Å². The number of nitrogens with zero attached hydrogens (tertiary/aromatic N) is 5. The minimum Gasteiger partial charge on any atom is -0.368 e. The van der Waals surface area contributed by atoms with Crippen LogP contribution in [-0.2, 0) is 4.79 Å². The maximum atomic E-state index is 11.6. The van der Waals surface area contributed by atoms with Gasteiger partial charge in [0.2, 0.25) is 5.91 Å². The Hall–Kier alpha value is -2.28. The molecule has 0 saturated carbocycles. The van der Waals surface area contributed by atoms with Gasteiger partial charge in [0.1, 0.15) is 11.3 Å². The zero-order valence-electron chi connectivity index (χ0n) is 13.6. The van der Waals surface area contributed by atoms with Gasteiger partial charge in [0.05, 0.1) is 6.04 Å². The van der Waals surface area contributed by atoms with Crippen molar-refractivity contribution in [1.29, 1.82) is 0 Å². The first-order chi connectivity index (χ1) is 11.7. The normalized spacial score (nSPS) is 23.0. The van der Waals surface area contributed by atoms with Crippen LogP contribution in [0, 0.1) is 0 Å². The average Bonchev–Trinajstić information content (AvgIpc) is 3.11. The number of rotatable bonds is 3. The van der Waals surface area contributed by atoms with Crippen LogP contribution < -0.4 is 10.6 Å². The van der Waals surface area contributed by atoms with Gasteiger partial charge in [0.25, 0.3) is 0 Å². The summed E-state index contributed by atoms with van der Waals surface area (Å²) in [5.74, 6) is 0.777. The predicted octanol–water partition coefficient (Wildman–Crippen LogP) is 0.943. The highest BCUT2D eigenvalue weighted by Crippen LogP contribution is 2.27. The third-order valence-corrected chi connectivity index (χ3v) is 5.20. The number of carbonyl (C=O) groups excluding carboxylic acids is 1. The first-order valence-electron chi connectivity index (χ1n) is 8.60. The van der Waals surface area contributed by atoms with E-state index in [-0.39, 0.29) is 11.9 Å². The highest BCUT2D eigenvalue weighted by molar-refractivity contribution is 5.80. The van der Waals surface area contributed by atoms with E-state index in [9.17, 15) is 4.79 Å². The molecular formula is C17H22N6O. The number of amides is 1. The lowest BCUT2D eigenvalue weighted by atomic mass is 10.0. The van der Waals surface area contributed by atoms with Gasteiger partial charge in [0, 0.05) is 31.5 Å². The molecule has 1 atom stereocenters. The summed E-state index contributed by atoms with van der Waals surface area (Å²) in [4.78, 5) is 29.4. The number of likely N-dealkylation sites (tertiary alicyclic amines) is 1. The molecule has 2 fully saturated rings. The maximum Gasteiger partial charge on any atom is 0.234 e. The van der Waals surface area contributed by atoms with Gasteiger partial charge in [-0.15, -0.1) is 0 Å². The Balaban J connectivity index is 1.44. The fourth-order valence-electron chi connectivity index (χ4n) is 3.98. The SMILES string of the molecule is NC(=O)[C@H]1CCCN1C1CCN(c2ccc3nccnc3n2)CC1. The van der Waals surface area contributed by atoms with Crippen molar-refractivity contribution in [3.63, 3.8) is 0 Å². The molecule has 1 amide bonds. The summed E-state index contributed by atoms with van der Waals surface area (Å²) >= 11 is 0. The second kappa shape index (κ2) is 6.32. The Morgan fingerprint density at radius 1 is 1.08 bits per heavy atom. The molecule has 2 aliphatic rings. The summed E-state index contributed by atoms with van der Waals surface area (Å²) in [7, 11) is 0. The molecule has 0 unspecified atom stereocenters. The zero-order chi connectivity index (χ0) is 16.5. The Kier molecular flexibility index (Phi) is 4.02. The third-order valence-electron chi connectivity index (χ3n) is 5.20. The van der Waals surface area contributed by atoms with Crippen LogP contribution in [0.5, 0.6) is 0 Å². The van der Waals surface area contributed by atoms with Gasteiger partial charge >= 0.3 is 0 Å². The fourth-order valence-corrected chi connectivity index (χ4v) is 3.98. The molecule has 0 aromatic carbocycles. The number of anilines is 1. The number of aromatic nitrogens is 3. The molecule has 7 nitrogen and oxygen atoms in total. The van der Waals surface area contributed by atoms with Crippen molar-refractivity contribution >= 4 is 22.9 Å². The number of hydrogen-bond acceptors (Lipinski definition) is 6. The van der Waals surface area contributed by atoms with Crippen molar-refractivity contribution in [3.8, 4) is 0 Å². The van der Waals surface area contributed by atoms with Crippen molar-refractivity contribution in [1.82, 2.24) is 19.9 Å². The van der Waals surface area contributed by atoms with Crippen LogP contribution in [0.3, 0.4) is 0 Å². The first-order valence-corrected chi connectivity index (χ1v) is 8.60. The lowest BCUT2D eigenvalue weighted by Crippen LogP contribution is -2.50. The van der Waals surface area contributed by atoms with Gasteiger partial charge in [0.15, 0.2) is 5.65 Å². The molecule has 2 aliphatic heterocycles. The molecule has 4 heterocycles. The monoisotopic (exact) mass is 326 g/mol. The topological polar surface area (TPSA) is 88.2 Å². The molecule has 0 aliphatic carbocycles. The van der Waals surface area contributed by atoms with Crippen LogP contribution >= 0.6 is 0 Å². The van der Waals surface area contributed by atoms with Crippen molar-refractivity contribution < 1.29 is 4.79 Å². The summed E-state index contributed by atoms with van der Waals surface area (Å²) < 4.78 is 0. The standard InChI is InChI=1S/C17H22N6O/c18-16(24)14-2-1-9-23(14)12-5-10-22(11-6-12)15-4-3-13-17(21-15)20-8-7-19-13/h3-4,7-8,12,14H,1-2,5-6,9-11H2,(H2,18,24)/t14-/m1/s1. The van der Waals surface area contributed by atoms with Crippen molar-refractivity contribution in [3.05, 3.63) is 24.5 Å². The van der Waals surface area contributed by atoms with Gasteiger partial charge in [-0.2, -0.15) is 0 Å². The van der Waals surface area contributed by atoms with Gasteiger partial charge in [-0.1, -0.05) is 0 Å². The van der Waals surface area contributed by atoms with Gasteiger partial charge in [-0.05, 0) is 44.4 Å². The van der Waals surface area contributed by atoms with Crippen LogP contribution in [0.1, 0.15) is 25.7 Å². The number of hydrogen-bond donors (Lipinski definition) is 1. The Morgan fingerprint density at radius 3 is 2.67 bits per heavy atom. The number of piperidine rings is 1. The van der Waals surface area contributed by atoms with Crippen molar-refractivity contribution in [2.24, 2.45) is 5.73 Å². The molecule has 2 aromatic heterocycles. The quantitative estimate of drug-likeness (QED) is 0.903. The molecule has 0 spiro atoms. The second-order valence-electron chi connectivity index (χ2n) is 6.58. The number of pyridine rings is 1. The molecule has 7 heteroatoms. The van der Waals surface area contributed by atoms with Crippen LogP contribution in [0.2, 0.25) is 0 Å². The Bertz CT molecular complexity index is 743. The molecule has 0 bridgehead atoms. The summed E-state index contributed by atoms with van der Waals surface area (Å²) in [6.07, 6.45) is 7.39. The summed E-state index contributed by atoms with van der Waals surface area (Å²) in [6.45, 7) is 2.86. The maximum absolute atomic E-state index is 11.6. The minimum atomic E-state index is -0.176. The van der Waals surface area contributed by atoms with Crippen LogP contribution in [-0.4, -0.2) is 57.5 Å². The average molecular weight is 326 g/mol. The van der Waals surface area contributed by atoms with Crippen molar-refractivity contribution in [2.75, 3.05) is 24.5 Å². The Labute approximate surface area is 140 Å². The zero-order valence-corrected chi connectivity index (χ0v) is 13.6. The van der Waals surface area contributed by atoms with E-state index in [4.69, 9.17) is 5.73 Å². The molecule has 2 saturated heterocycles. The van der Waals surface area contributed by atoms with Gasteiger partial charge < -0.3 is 10.6 Å². The van der Waals surface area contributed by atoms with E-state index in [1.54, 1.807) is 12.4 Å². The lowest BCUT2D eigenvalue weighted by Gasteiger charge is -2.39. The molecule has 24 heavy (non-hydrogen) atoms. The van der Waals surface area contributed by atoms with Crippen LogP contribution in [0.4, 0.5) is 5.82 Å². The van der Waals surface area contributed by atoms with Crippen LogP contribution in [0.15, 0.2) is 24.5 Å². The largest absolute Gasteiger partial charge is 0.368 e. The third kappa shape index (κ3) is 2.80. The summed E-state index contributed by atoms with van der Waals surface area (Å²) in [5, 5.41) is 0. The van der Waals surface area contributed by atoms with E-state index in [1.165, 1.54) is 0 Å². The van der Waals surface area contributed by atoms with Crippen LogP contribution in [0.25, 0.3) is 11.2 Å². The van der Waals surface area contributed by atoms with E-state index in [0.29, 0.717) is 11.7 Å². The number of carbonyl (C=O) groups is 1. The smallest absolute Gasteiger partial charge is 0.234 e.